The van der Waals surface area contributed by atoms with Crippen LogP contribution in [0.25, 0.3) is 22.5 Å². The highest BCUT2D eigenvalue weighted by Gasteiger charge is 2.23. The zero-order valence-electron chi connectivity index (χ0n) is 17.5. The number of methoxy groups -OCH3 is 2. The molecular weight excluding hydrogens is 468 g/mol. The molecule has 0 unspecified atom stereocenters. The maximum atomic E-state index is 10.0. The van der Waals surface area contributed by atoms with Crippen molar-refractivity contribution in [2.75, 3.05) is 14.2 Å². The summed E-state index contributed by atoms with van der Waals surface area (Å²) in [6.45, 7) is 0. The summed E-state index contributed by atoms with van der Waals surface area (Å²) in [5, 5.41) is 10.0. The molecule has 5 nitrogen and oxygen atoms in total. The molecule has 4 rings (SSSR count). The highest BCUT2D eigenvalue weighted by Crippen LogP contribution is 2.43. The Kier molecular flexibility index (Phi) is 6.39. The van der Waals surface area contributed by atoms with Gasteiger partial charge < -0.3 is 13.9 Å². The van der Waals surface area contributed by atoms with Crippen molar-refractivity contribution in [1.82, 2.24) is 0 Å². The van der Waals surface area contributed by atoms with Crippen LogP contribution in [0, 0.1) is 11.3 Å². The molecule has 0 radical (unpaired) electrons. The topological polar surface area (TPSA) is 67.8 Å². The number of hydrogen-bond acceptors (Lipinski definition) is 5. The van der Waals surface area contributed by atoms with Gasteiger partial charge in [0.2, 0.25) is 5.88 Å². The molecule has 0 atom stereocenters. The van der Waals surface area contributed by atoms with Gasteiger partial charge in [0.05, 0.1) is 14.2 Å². The molecule has 32 heavy (non-hydrogen) atoms. The summed E-state index contributed by atoms with van der Waals surface area (Å²) in [4.78, 5) is 4.50. The van der Waals surface area contributed by atoms with Crippen LogP contribution < -0.4 is 9.47 Å². The van der Waals surface area contributed by atoms with Gasteiger partial charge in [0, 0.05) is 21.8 Å². The minimum absolute atomic E-state index is 0.257. The first-order chi connectivity index (χ1) is 15.6. The van der Waals surface area contributed by atoms with Gasteiger partial charge in [0.25, 0.3) is 0 Å². The Morgan fingerprint density at radius 3 is 1.94 bits per heavy atom. The highest BCUT2D eigenvalue weighted by molar-refractivity contribution is 9.10. The number of halogens is 1. The normalized spacial score (nSPS) is 10.8. The first kappa shape index (κ1) is 21.4. The average molecular weight is 487 g/mol. The Balaban J connectivity index is 1.86. The Labute approximate surface area is 194 Å². The molecule has 0 aliphatic heterocycles. The molecule has 0 aliphatic carbocycles. The van der Waals surface area contributed by atoms with Crippen molar-refractivity contribution in [3.8, 4) is 40.0 Å². The number of ether oxygens (including phenoxy) is 2. The number of rotatable bonds is 6. The molecule has 0 bridgehead atoms. The van der Waals surface area contributed by atoms with Crippen LogP contribution >= 0.6 is 15.9 Å². The summed E-state index contributed by atoms with van der Waals surface area (Å²) in [7, 11) is 3.23. The third-order valence-electron chi connectivity index (χ3n) is 4.93. The van der Waals surface area contributed by atoms with Crippen molar-refractivity contribution in [3.05, 3.63) is 88.4 Å². The van der Waals surface area contributed by atoms with E-state index in [2.05, 4.69) is 27.0 Å². The third kappa shape index (κ3) is 4.43. The molecule has 3 aromatic carbocycles. The summed E-state index contributed by atoms with van der Waals surface area (Å²) in [5.74, 6) is 2.29. The van der Waals surface area contributed by atoms with E-state index in [0.717, 1.165) is 32.7 Å². The summed E-state index contributed by atoms with van der Waals surface area (Å²) in [5.41, 5.74) is 3.60. The molecule has 0 spiro atoms. The molecule has 6 heteroatoms. The van der Waals surface area contributed by atoms with Crippen LogP contribution in [-0.2, 0) is 0 Å². The van der Waals surface area contributed by atoms with E-state index in [9.17, 15) is 5.26 Å². The summed E-state index contributed by atoms with van der Waals surface area (Å²) in [6, 6.07) is 25.0. The molecule has 0 fully saturated rings. The van der Waals surface area contributed by atoms with Crippen LogP contribution in [-0.4, -0.2) is 20.4 Å². The number of nitriles is 1. The fourth-order valence-electron chi connectivity index (χ4n) is 3.27. The standard InChI is InChI=1S/C26H19BrN2O3/c1-30-21-11-5-18(6-12-21)24-23(15-28)26(29-16-17-3-9-20(27)10-4-17)32-25(24)19-7-13-22(31-2)14-8-19/h3-14,16H,1-2H3. The SMILES string of the molecule is COc1ccc(-c2oc(N=Cc3ccc(Br)cc3)c(C#N)c2-c2ccc(OC)cc2)cc1. The minimum Gasteiger partial charge on any atom is -0.497 e. The first-order valence-electron chi connectivity index (χ1n) is 9.78. The van der Waals surface area contributed by atoms with E-state index in [1.807, 2.05) is 72.8 Å². The lowest BCUT2D eigenvalue weighted by Gasteiger charge is -2.06. The van der Waals surface area contributed by atoms with E-state index in [0.29, 0.717) is 16.9 Å². The zero-order chi connectivity index (χ0) is 22.5. The Bertz CT molecular complexity index is 1280. The molecule has 0 N–H and O–H groups in total. The van der Waals surface area contributed by atoms with Gasteiger partial charge in [-0.05, 0) is 59.7 Å². The molecule has 0 saturated carbocycles. The Hall–Kier alpha value is -3.82. The van der Waals surface area contributed by atoms with Crippen molar-refractivity contribution < 1.29 is 13.9 Å². The predicted molar refractivity (Wildman–Crippen MR) is 129 cm³/mol. The minimum atomic E-state index is 0.257. The smallest absolute Gasteiger partial charge is 0.238 e. The Morgan fingerprint density at radius 2 is 1.41 bits per heavy atom. The number of nitrogens with zero attached hydrogens (tertiary/aromatic N) is 2. The van der Waals surface area contributed by atoms with Gasteiger partial charge in [-0.2, -0.15) is 5.26 Å². The third-order valence-corrected chi connectivity index (χ3v) is 5.46. The van der Waals surface area contributed by atoms with E-state index in [4.69, 9.17) is 13.9 Å². The number of benzene rings is 3. The van der Waals surface area contributed by atoms with Gasteiger partial charge >= 0.3 is 0 Å². The number of furan rings is 1. The van der Waals surface area contributed by atoms with E-state index in [1.165, 1.54) is 0 Å². The summed E-state index contributed by atoms with van der Waals surface area (Å²) >= 11 is 3.43. The van der Waals surface area contributed by atoms with Crippen LogP contribution in [0.2, 0.25) is 0 Å². The van der Waals surface area contributed by atoms with Crippen molar-refractivity contribution >= 4 is 28.0 Å². The molecule has 158 valence electrons. The maximum absolute atomic E-state index is 10.0. The van der Waals surface area contributed by atoms with Crippen molar-refractivity contribution in [2.45, 2.75) is 0 Å². The second-order valence-corrected chi connectivity index (χ2v) is 7.78. The van der Waals surface area contributed by atoms with Gasteiger partial charge in [-0.1, -0.05) is 40.2 Å². The van der Waals surface area contributed by atoms with Crippen LogP contribution in [0.15, 0.2) is 86.7 Å². The van der Waals surface area contributed by atoms with Gasteiger partial charge in [-0.3, -0.25) is 0 Å². The van der Waals surface area contributed by atoms with Gasteiger partial charge in [0.1, 0.15) is 28.9 Å². The van der Waals surface area contributed by atoms with E-state index >= 15 is 0 Å². The molecule has 0 amide bonds. The second kappa shape index (κ2) is 9.54. The predicted octanol–water partition coefficient (Wildman–Crippen LogP) is 7.02. The average Bonchev–Trinajstić information content (AvgIpc) is 3.22. The van der Waals surface area contributed by atoms with Gasteiger partial charge in [0.15, 0.2) is 0 Å². The number of hydrogen-bond donors (Lipinski definition) is 0. The Morgan fingerprint density at radius 1 is 0.844 bits per heavy atom. The van der Waals surface area contributed by atoms with Crippen molar-refractivity contribution in [1.29, 1.82) is 5.26 Å². The van der Waals surface area contributed by atoms with Gasteiger partial charge in [-0.15, -0.1) is 0 Å². The molecule has 1 aromatic heterocycles. The summed E-state index contributed by atoms with van der Waals surface area (Å²) in [6.07, 6.45) is 1.68. The van der Waals surface area contributed by atoms with Crippen LogP contribution in [0.5, 0.6) is 11.5 Å². The van der Waals surface area contributed by atoms with E-state index in [1.54, 1.807) is 20.4 Å². The lowest BCUT2D eigenvalue weighted by molar-refractivity contribution is 0.414. The second-order valence-electron chi connectivity index (χ2n) is 6.86. The van der Waals surface area contributed by atoms with Gasteiger partial charge in [-0.25, -0.2) is 4.99 Å². The molecule has 1 heterocycles. The number of aliphatic imine (C=N–C) groups is 1. The fraction of sp³-hybridized carbons (Fsp3) is 0.0769. The molecule has 0 aliphatic rings. The van der Waals surface area contributed by atoms with Crippen LogP contribution in [0.1, 0.15) is 11.1 Å². The molecular formula is C26H19BrN2O3. The monoisotopic (exact) mass is 486 g/mol. The molecule has 0 saturated heterocycles. The first-order valence-corrected chi connectivity index (χ1v) is 10.6. The quantitative estimate of drug-likeness (QED) is 0.274. The lowest BCUT2D eigenvalue weighted by atomic mass is 9.98. The van der Waals surface area contributed by atoms with E-state index < -0.39 is 0 Å². The molecule has 4 aromatic rings. The summed E-state index contributed by atoms with van der Waals surface area (Å²) < 4.78 is 17.7. The lowest BCUT2D eigenvalue weighted by Crippen LogP contribution is -1.87. The van der Waals surface area contributed by atoms with Crippen molar-refractivity contribution in [3.63, 3.8) is 0 Å². The van der Waals surface area contributed by atoms with Crippen LogP contribution in [0.3, 0.4) is 0 Å². The van der Waals surface area contributed by atoms with Crippen molar-refractivity contribution in [2.24, 2.45) is 4.99 Å². The van der Waals surface area contributed by atoms with Crippen LogP contribution in [0.4, 0.5) is 5.88 Å². The van der Waals surface area contributed by atoms with E-state index in [-0.39, 0.29) is 5.88 Å². The maximum Gasteiger partial charge on any atom is 0.238 e. The fourth-order valence-corrected chi connectivity index (χ4v) is 3.54. The zero-order valence-corrected chi connectivity index (χ0v) is 19.1. The highest BCUT2D eigenvalue weighted by atomic mass is 79.9. The largest absolute Gasteiger partial charge is 0.497 e.